The van der Waals surface area contributed by atoms with Crippen molar-refractivity contribution in [1.29, 1.82) is 0 Å². The lowest BCUT2D eigenvalue weighted by Gasteiger charge is -2.11. The summed E-state index contributed by atoms with van der Waals surface area (Å²) in [5.74, 6) is 1.63. The molecular formula is C22H24ClN3O4S. The number of benzene rings is 2. The van der Waals surface area contributed by atoms with Gasteiger partial charge in [-0.25, -0.2) is 4.79 Å². The Morgan fingerprint density at radius 2 is 2.00 bits per heavy atom. The summed E-state index contributed by atoms with van der Waals surface area (Å²) < 4.78 is 10.4. The third-order valence-electron chi connectivity index (χ3n) is 4.46. The van der Waals surface area contributed by atoms with Gasteiger partial charge in [0, 0.05) is 16.3 Å². The van der Waals surface area contributed by atoms with Crippen LogP contribution >= 0.6 is 23.4 Å². The van der Waals surface area contributed by atoms with E-state index in [1.807, 2.05) is 12.1 Å². The fraction of sp³-hybridized carbons (Fsp3) is 0.318. The third-order valence-corrected chi connectivity index (χ3v) is 5.72. The second kappa shape index (κ2) is 10.5. The highest BCUT2D eigenvalue weighted by Gasteiger charge is 2.15. The van der Waals surface area contributed by atoms with E-state index < -0.39 is 0 Å². The molecule has 3 rings (SSSR count). The Morgan fingerprint density at radius 1 is 1.23 bits per heavy atom. The smallest absolute Gasteiger partial charge is 0.333 e. The molecule has 1 N–H and O–H groups in total. The molecule has 0 radical (unpaired) electrons. The third kappa shape index (κ3) is 5.92. The van der Waals surface area contributed by atoms with E-state index in [9.17, 15) is 9.90 Å². The maximum Gasteiger partial charge on any atom is 0.333 e. The molecule has 0 aliphatic carbocycles. The van der Waals surface area contributed by atoms with Gasteiger partial charge in [-0.05, 0) is 61.4 Å². The Bertz CT molecular complexity index is 1100. The highest BCUT2D eigenvalue weighted by atomic mass is 35.5. The zero-order chi connectivity index (χ0) is 22.4. The molecule has 0 aliphatic heterocycles. The molecular weight excluding hydrogens is 438 g/mol. The van der Waals surface area contributed by atoms with E-state index in [0.717, 1.165) is 29.9 Å². The number of phenolic OH excluding ortho intramolecular Hbond substituents is 1. The average molecular weight is 462 g/mol. The number of hydrogen-bond donors (Lipinski definition) is 1. The molecule has 0 unspecified atom stereocenters. The predicted octanol–water partition coefficient (Wildman–Crippen LogP) is 4.57. The van der Waals surface area contributed by atoms with E-state index in [4.69, 9.17) is 21.1 Å². The number of methoxy groups -OCH3 is 1. The zero-order valence-corrected chi connectivity index (χ0v) is 19.0. The average Bonchev–Trinajstić information content (AvgIpc) is 3.16. The van der Waals surface area contributed by atoms with Gasteiger partial charge in [0.2, 0.25) is 0 Å². The molecule has 9 heteroatoms. The molecule has 0 spiro atoms. The number of ether oxygens (including phenoxy) is 2. The van der Waals surface area contributed by atoms with Crippen LogP contribution in [0.3, 0.4) is 0 Å². The number of carbonyl (C=O) groups excluding carboxylic acids is 1. The van der Waals surface area contributed by atoms with Crippen LogP contribution in [0.5, 0.6) is 11.5 Å². The first-order valence-electron chi connectivity index (χ1n) is 9.72. The molecule has 0 fully saturated rings. The van der Waals surface area contributed by atoms with Gasteiger partial charge in [-0.3, -0.25) is 0 Å². The SMILES string of the molecule is C=C(C)C(=O)OCCSCCCc1cc(OC)c(O)c(-n2nc3ccc(Cl)cc3n2)c1. The summed E-state index contributed by atoms with van der Waals surface area (Å²) >= 11 is 7.75. The number of thioether (sulfide) groups is 1. The summed E-state index contributed by atoms with van der Waals surface area (Å²) in [5.41, 5.74) is 3.17. The van der Waals surface area contributed by atoms with Crippen molar-refractivity contribution < 1.29 is 19.4 Å². The molecule has 31 heavy (non-hydrogen) atoms. The molecule has 1 aromatic heterocycles. The van der Waals surface area contributed by atoms with Crippen molar-refractivity contribution >= 4 is 40.4 Å². The van der Waals surface area contributed by atoms with Crippen LogP contribution in [0.25, 0.3) is 16.7 Å². The van der Waals surface area contributed by atoms with Crippen molar-refractivity contribution in [2.24, 2.45) is 0 Å². The number of aromatic hydroxyl groups is 1. The monoisotopic (exact) mass is 461 g/mol. The number of phenols is 1. The summed E-state index contributed by atoms with van der Waals surface area (Å²) in [6.07, 6.45) is 1.70. The summed E-state index contributed by atoms with van der Waals surface area (Å²) in [7, 11) is 1.51. The van der Waals surface area contributed by atoms with E-state index in [0.29, 0.717) is 39.7 Å². The molecule has 3 aromatic rings. The summed E-state index contributed by atoms with van der Waals surface area (Å²) in [6.45, 7) is 5.56. The highest BCUT2D eigenvalue weighted by molar-refractivity contribution is 7.99. The van der Waals surface area contributed by atoms with E-state index in [-0.39, 0.29) is 11.7 Å². The largest absolute Gasteiger partial charge is 0.503 e. The summed E-state index contributed by atoms with van der Waals surface area (Å²) in [4.78, 5) is 12.7. The van der Waals surface area contributed by atoms with Gasteiger partial charge in [-0.2, -0.15) is 11.8 Å². The minimum atomic E-state index is -0.355. The molecule has 2 aromatic carbocycles. The number of esters is 1. The van der Waals surface area contributed by atoms with Crippen LogP contribution < -0.4 is 4.74 Å². The number of aryl methyl sites for hydroxylation is 1. The fourth-order valence-electron chi connectivity index (χ4n) is 2.89. The van der Waals surface area contributed by atoms with Gasteiger partial charge in [-0.1, -0.05) is 18.2 Å². The first-order valence-corrected chi connectivity index (χ1v) is 11.3. The van der Waals surface area contributed by atoms with Crippen molar-refractivity contribution in [2.45, 2.75) is 19.8 Å². The van der Waals surface area contributed by atoms with E-state index in [2.05, 4.69) is 16.8 Å². The van der Waals surface area contributed by atoms with Crippen molar-refractivity contribution in [1.82, 2.24) is 15.0 Å². The fourth-order valence-corrected chi connectivity index (χ4v) is 3.81. The second-order valence-electron chi connectivity index (χ2n) is 6.92. The van der Waals surface area contributed by atoms with Gasteiger partial charge >= 0.3 is 5.97 Å². The van der Waals surface area contributed by atoms with Gasteiger partial charge in [0.05, 0.1) is 7.11 Å². The Balaban J connectivity index is 1.64. The van der Waals surface area contributed by atoms with Crippen LogP contribution in [0.15, 0.2) is 42.5 Å². The second-order valence-corrected chi connectivity index (χ2v) is 8.58. The van der Waals surface area contributed by atoms with Gasteiger partial charge < -0.3 is 14.6 Å². The standard InChI is InChI=1S/C22H24ClN3O4S/c1-14(2)22(28)30-8-10-31-9-4-5-15-11-19(21(27)20(12-15)29-3)26-24-17-7-6-16(23)13-18(17)25-26/h6-7,11-13,27H,1,4-5,8-10H2,2-3H3. The molecule has 0 bridgehead atoms. The van der Waals surface area contributed by atoms with E-state index >= 15 is 0 Å². The van der Waals surface area contributed by atoms with Crippen molar-refractivity contribution in [3.8, 4) is 17.2 Å². The molecule has 164 valence electrons. The molecule has 0 amide bonds. The molecule has 0 saturated heterocycles. The van der Waals surface area contributed by atoms with E-state index in [1.165, 1.54) is 11.9 Å². The number of fused-ring (bicyclic) bond motifs is 1. The van der Waals surface area contributed by atoms with Gasteiger partial charge in [-0.15, -0.1) is 15.0 Å². The van der Waals surface area contributed by atoms with Crippen LogP contribution in [-0.2, 0) is 16.0 Å². The van der Waals surface area contributed by atoms with Crippen LogP contribution in [0, 0.1) is 0 Å². The van der Waals surface area contributed by atoms with E-state index in [1.54, 1.807) is 36.9 Å². The van der Waals surface area contributed by atoms with Crippen molar-refractivity contribution in [3.63, 3.8) is 0 Å². The molecule has 1 heterocycles. The van der Waals surface area contributed by atoms with Crippen LogP contribution in [0.4, 0.5) is 0 Å². The zero-order valence-electron chi connectivity index (χ0n) is 17.4. The minimum Gasteiger partial charge on any atom is -0.503 e. The molecule has 0 atom stereocenters. The Kier molecular flexibility index (Phi) is 7.81. The maximum absolute atomic E-state index is 11.3. The number of halogens is 1. The van der Waals surface area contributed by atoms with Gasteiger partial charge in [0.25, 0.3) is 0 Å². The van der Waals surface area contributed by atoms with Crippen molar-refractivity contribution in [2.75, 3.05) is 25.2 Å². The van der Waals surface area contributed by atoms with Crippen LogP contribution in [0.1, 0.15) is 18.9 Å². The van der Waals surface area contributed by atoms with Crippen molar-refractivity contribution in [3.05, 3.63) is 53.1 Å². The molecule has 0 aliphatic rings. The number of aromatic nitrogens is 3. The normalized spacial score (nSPS) is 10.9. The topological polar surface area (TPSA) is 86.5 Å². The lowest BCUT2D eigenvalue weighted by atomic mass is 10.1. The first kappa shape index (κ1) is 23.0. The Morgan fingerprint density at radius 3 is 2.74 bits per heavy atom. The summed E-state index contributed by atoms with van der Waals surface area (Å²) in [5, 5.41) is 20.0. The lowest BCUT2D eigenvalue weighted by Crippen LogP contribution is -2.07. The quantitative estimate of drug-likeness (QED) is 0.269. The van der Waals surface area contributed by atoms with Gasteiger partial charge in [0.1, 0.15) is 23.3 Å². The highest BCUT2D eigenvalue weighted by Crippen LogP contribution is 2.34. The number of nitrogens with zero attached hydrogens (tertiary/aromatic N) is 3. The number of carbonyl (C=O) groups is 1. The number of rotatable bonds is 10. The van der Waals surface area contributed by atoms with Crippen LogP contribution in [-0.4, -0.2) is 51.3 Å². The minimum absolute atomic E-state index is 0.0219. The predicted molar refractivity (Wildman–Crippen MR) is 124 cm³/mol. The summed E-state index contributed by atoms with van der Waals surface area (Å²) in [6, 6.07) is 8.93. The maximum atomic E-state index is 11.3. The van der Waals surface area contributed by atoms with Gasteiger partial charge in [0.15, 0.2) is 11.5 Å². The van der Waals surface area contributed by atoms with Crippen LogP contribution in [0.2, 0.25) is 5.02 Å². The Hall–Kier alpha value is -2.71. The first-order chi connectivity index (χ1) is 14.9. The molecule has 0 saturated carbocycles. The lowest BCUT2D eigenvalue weighted by molar-refractivity contribution is -0.138. The number of hydrogen-bond acceptors (Lipinski definition) is 7. The Labute approximate surface area is 190 Å². The molecule has 7 nitrogen and oxygen atoms in total.